The van der Waals surface area contributed by atoms with Gasteiger partial charge in [0, 0.05) is 12.0 Å². The van der Waals surface area contributed by atoms with Gasteiger partial charge in [-0.1, -0.05) is 44.2 Å². The van der Waals surface area contributed by atoms with Gasteiger partial charge in [-0.25, -0.2) is 0 Å². The largest absolute Gasteiger partial charge is 0.459 e. The fourth-order valence-electron chi connectivity index (χ4n) is 5.31. The Morgan fingerprint density at radius 2 is 2.10 bits per heavy atom. The first-order valence-corrected chi connectivity index (χ1v) is 7.98. The number of hydrogen-bond donors (Lipinski definition) is 1. The van der Waals surface area contributed by atoms with Crippen LogP contribution < -0.4 is 5.32 Å². The van der Waals surface area contributed by atoms with Crippen molar-refractivity contribution in [1.29, 1.82) is 0 Å². The molecule has 1 aliphatic heterocycles. The van der Waals surface area contributed by atoms with Crippen molar-refractivity contribution in [3.8, 4) is 0 Å². The van der Waals surface area contributed by atoms with E-state index >= 15 is 0 Å². The van der Waals surface area contributed by atoms with Gasteiger partial charge in [-0.15, -0.1) is 0 Å². The van der Waals surface area contributed by atoms with Crippen molar-refractivity contribution >= 4 is 5.97 Å². The summed E-state index contributed by atoms with van der Waals surface area (Å²) in [6, 6.07) is 9.93. The summed E-state index contributed by atoms with van der Waals surface area (Å²) in [5, 5.41) is 3.54. The zero-order valence-corrected chi connectivity index (χ0v) is 12.8. The van der Waals surface area contributed by atoms with E-state index in [4.69, 9.17) is 4.74 Å². The Balaban J connectivity index is 1.55. The standard InChI is InChI=1S/C18H23NO2/c1-16-12-19-18(10-14(16)8-9-17(16,18)2)15(20)21-11-13-6-4-3-5-7-13/h3-7,14,19H,8-12H2,1-2H3/t14-,16+,17-,18+/m0/s1. The van der Waals surface area contributed by atoms with Crippen molar-refractivity contribution < 1.29 is 9.53 Å². The Morgan fingerprint density at radius 3 is 2.76 bits per heavy atom. The Labute approximate surface area is 126 Å². The summed E-state index contributed by atoms with van der Waals surface area (Å²) < 4.78 is 5.69. The predicted molar refractivity (Wildman–Crippen MR) is 80.5 cm³/mol. The average Bonchev–Trinajstić information content (AvgIpc) is 2.97. The second kappa shape index (κ2) is 4.10. The number of ether oxygens (including phenoxy) is 1. The van der Waals surface area contributed by atoms with Gasteiger partial charge < -0.3 is 10.1 Å². The number of carbonyl (C=O) groups is 1. The average molecular weight is 285 g/mol. The van der Waals surface area contributed by atoms with Gasteiger partial charge in [-0.2, -0.15) is 0 Å². The molecule has 0 unspecified atom stereocenters. The summed E-state index contributed by atoms with van der Waals surface area (Å²) in [4.78, 5) is 12.9. The second-order valence-corrected chi connectivity index (χ2v) is 7.51. The lowest BCUT2D eigenvalue weighted by Gasteiger charge is -2.40. The molecule has 0 spiro atoms. The molecule has 21 heavy (non-hydrogen) atoms. The third kappa shape index (κ3) is 1.45. The molecule has 1 saturated heterocycles. The monoisotopic (exact) mass is 285 g/mol. The van der Waals surface area contributed by atoms with Crippen LogP contribution >= 0.6 is 0 Å². The molecule has 3 fully saturated rings. The minimum Gasteiger partial charge on any atom is -0.459 e. The van der Waals surface area contributed by atoms with E-state index in [2.05, 4.69) is 19.2 Å². The van der Waals surface area contributed by atoms with E-state index in [-0.39, 0.29) is 16.8 Å². The molecule has 1 N–H and O–H groups in total. The smallest absolute Gasteiger partial charge is 0.327 e. The summed E-state index contributed by atoms with van der Waals surface area (Å²) in [6.45, 7) is 5.98. The summed E-state index contributed by atoms with van der Waals surface area (Å²) in [6.07, 6.45) is 3.36. The van der Waals surface area contributed by atoms with Gasteiger partial charge in [0.1, 0.15) is 12.1 Å². The Kier molecular flexibility index (Phi) is 2.60. The molecule has 0 radical (unpaired) electrons. The van der Waals surface area contributed by atoms with Crippen LogP contribution in [0.1, 0.15) is 38.7 Å². The molecule has 3 nitrogen and oxygen atoms in total. The molecule has 2 saturated carbocycles. The number of piperidine rings is 1. The first kappa shape index (κ1) is 13.3. The number of rotatable bonds is 3. The molecule has 3 heteroatoms. The second-order valence-electron chi connectivity index (χ2n) is 7.51. The maximum absolute atomic E-state index is 12.9. The van der Waals surface area contributed by atoms with E-state index in [1.165, 1.54) is 6.42 Å². The highest BCUT2D eigenvalue weighted by atomic mass is 16.5. The van der Waals surface area contributed by atoms with Gasteiger partial charge in [-0.05, 0) is 36.2 Å². The molecule has 3 aliphatic rings. The quantitative estimate of drug-likeness (QED) is 0.868. The van der Waals surface area contributed by atoms with Gasteiger partial charge in [0.2, 0.25) is 0 Å². The first-order chi connectivity index (χ1) is 10.0. The fourth-order valence-corrected chi connectivity index (χ4v) is 5.31. The van der Waals surface area contributed by atoms with Crippen LogP contribution in [0.2, 0.25) is 0 Å². The van der Waals surface area contributed by atoms with Crippen LogP contribution in [0.5, 0.6) is 0 Å². The van der Waals surface area contributed by atoms with Crippen LogP contribution in [0.4, 0.5) is 0 Å². The van der Waals surface area contributed by atoms with Crippen molar-refractivity contribution in [3.05, 3.63) is 35.9 Å². The van der Waals surface area contributed by atoms with Crippen LogP contribution in [-0.4, -0.2) is 18.1 Å². The molecular weight excluding hydrogens is 262 g/mol. The number of esters is 1. The van der Waals surface area contributed by atoms with E-state index < -0.39 is 5.54 Å². The molecule has 4 atom stereocenters. The summed E-state index contributed by atoms with van der Waals surface area (Å²) in [5.74, 6) is 0.632. The topological polar surface area (TPSA) is 38.3 Å². The van der Waals surface area contributed by atoms with Crippen molar-refractivity contribution in [3.63, 3.8) is 0 Å². The highest BCUT2D eigenvalue weighted by Crippen LogP contribution is 2.73. The van der Waals surface area contributed by atoms with Crippen LogP contribution in [0, 0.1) is 16.7 Å². The van der Waals surface area contributed by atoms with E-state index in [1.54, 1.807) is 0 Å². The molecule has 2 aliphatic carbocycles. The lowest BCUT2D eigenvalue weighted by atomic mass is 9.66. The van der Waals surface area contributed by atoms with Crippen molar-refractivity contribution in [2.75, 3.05) is 6.54 Å². The number of nitrogens with one attached hydrogen (secondary N) is 1. The maximum Gasteiger partial charge on any atom is 0.327 e. The predicted octanol–water partition coefficient (Wildman–Crippen LogP) is 2.90. The van der Waals surface area contributed by atoms with Gasteiger partial charge in [0.05, 0.1) is 0 Å². The Bertz CT molecular complexity index is 586. The number of carbonyl (C=O) groups excluding carboxylic acids is 1. The summed E-state index contributed by atoms with van der Waals surface area (Å²) >= 11 is 0. The van der Waals surface area contributed by atoms with Crippen molar-refractivity contribution in [1.82, 2.24) is 5.32 Å². The van der Waals surface area contributed by atoms with E-state index in [0.29, 0.717) is 12.5 Å². The SMILES string of the molecule is C[C@@]12CC[C@H]3C[C@]1(C(=O)OCc1ccccc1)NC[C@]32C. The van der Waals surface area contributed by atoms with Gasteiger partial charge in [-0.3, -0.25) is 4.79 Å². The highest BCUT2D eigenvalue weighted by molar-refractivity contribution is 5.84. The van der Waals surface area contributed by atoms with Crippen LogP contribution in [0.25, 0.3) is 0 Å². The minimum atomic E-state index is -0.445. The molecule has 1 aromatic carbocycles. The lowest BCUT2D eigenvalue weighted by molar-refractivity contribution is -0.157. The van der Waals surface area contributed by atoms with Gasteiger partial charge in [0.25, 0.3) is 0 Å². The highest BCUT2D eigenvalue weighted by Gasteiger charge is 2.77. The lowest BCUT2D eigenvalue weighted by Crippen LogP contribution is -2.57. The molecule has 1 heterocycles. The minimum absolute atomic E-state index is 0.0419. The Hall–Kier alpha value is -1.35. The molecule has 0 amide bonds. The zero-order valence-electron chi connectivity index (χ0n) is 12.8. The van der Waals surface area contributed by atoms with Gasteiger partial charge in [0.15, 0.2) is 0 Å². The third-order valence-corrected chi connectivity index (χ3v) is 6.97. The molecule has 112 valence electrons. The van der Waals surface area contributed by atoms with E-state index in [9.17, 15) is 4.79 Å². The maximum atomic E-state index is 12.9. The zero-order chi connectivity index (χ0) is 14.7. The number of benzene rings is 1. The van der Waals surface area contributed by atoms with Crippen LogP contribution in [0.15, 0.2) is 30.3 Å². The van der Waals surface area contributed by atoms with Crippen molar-refractivity contribution in [2.45, 2.75) is 45.3 Å². The van der Waals surface area contributed by atoms with Crippen molar-refractivity contribution in [2.24, 2.45) is 16.7 Å². The van der Waals surface area contributed by atoms with E-state index in [0.717, 1.165) is 24.9 Å². The number of hydrogen-bond acceptors (Lipinski definition) is 3. The molecule has 4 rings (SSSR count). The van der Waals surface area contributed by atoms with Crippen LogP contribution in [0.3, 0.4) is 0 Å². The normalized spacial score (nSPS) is 43.2. The molecular formula is C18H23NO2. The van der Waals surface area contributed by atoms with Gasteiger partial charge >= 0.3 is 5.97 Å². The fraction of sp³-hybridized carbons (Fsp3) is 0.611. The molecule has 4 bridgehead atoms. The first-order valence-electron chi connectivity index (χ1n) is 7.98. The van der Waals surface area contributed by atoms with Crippen LogP contribution in [-0.2, 0) is 16.1 Å². The van der Waals surface area contributed by atoms with E-state index in [1.807, 2.05) is 30.3 Å². The molecule has 0 aromatic heterocycles. The molecule has 1 aromatic rings. The summed E-state index contributed by atoms with van der Waals surface area (Å²) in [5.41, 5.74) is 0.924. The Morgan fingerprint density at radius 1 is 1.33 bits per heavy atom. The third-order valence-electron chi connectivity index (χ3n) is 6.97. The summed E-state index contributed by atoms with van der Waals surface area (Å²) in [7, 11) is 0.